The molecule has 2 heterocycles. The fourth-order valence-corrected chi connectivity index (χ4v) is 4.92. The summed E-state index contributed by atoms with van der Waals surface area (Å²) in [6, 6.07) is 21.5. The molecule has 0 spiro atoms. The van der Waals surface area contributed by atoms with Gasteiger partial charge in [-0.2, -0.15) is 10.2 Å². The number of allylic oxidation sites excluding steroid dienone is 1. The highest BCUT2D eigenvalue weighted by Gasteiger charge is 2.14. The highest BCUT2D eigenvalue weighted by Crippen LogP contribution is 2.28. The van der Waals surface area contributed by atoms with Crippen molar-refractivity contribution in [3.05, 3.63) is 103 Å². The van der Waals surface area contributed by atoms with Crippen molar-refractivity contribution in [2.75, 3.05) is 18.2 Å². The van der Waals surface area contributed by atoms with Gasteiger partial charge in [-0.25, -0.2) is 10.1 Å². The maximum Gasteiger partial charge on any atom is 0.250 e. The summed E-state index contributed by atoms with van der Waals surface area (Å²) in [5.41, 5.74) is 4.30. The molecule has 0 fully saturated rings. The monoisotopic (exact) mass is 582 g/mol. The maximum absolute atomic E-state index is 12.5. The van der Waals surface area contributed by atoms with E-state index in [1.165, 1.54) is 11.8 Å². The lowest BCUT2D eigenvalue weighted by Gasteiger charge is -2.11. The van der Waals surface area contributed by atoms with E-state index in [9.17, 15) is 4.79 Å². The van der Waals surface area contributed by atoms with Gasteiger partial charge < -0.3 is 19.4 Å². The van der Waals surface area contributed by atoms with E-state index >= 15 is 0 Å². The van der Waals surface area contributed by atoms with Gasteiger partial charge >= 0.3 is 0 Å². The standard InChI is InChI=1S/C30H30N8O3S/c1-3-15-38-28(19-31-25-11-6-9-23-8-4-5-10-24(23)25)34-36-30(38)42-20-29(39)35-32-18-22-12-13-26(40-2)27(17-22)41-21-37-16-7-14-33-37/h3-14,16-18,31H,1,15,19-21H2,2H3,(H,35,39)/b32-18+. The molecule has 0 aliphatic heterocycles. The summed E-state index contributed by atoms with van der Waals surface area (Å²) in [5, 5.41) is 23.3. The molecule has 0 aliphatic rings. The van der Waals surface area contributed by atoms with Crippen molar-refractivity contribution in [3.8, 4) is 11.5 Å². The molecule has 0 bridgehead atoms. The summed E-state index contributed by atoms with van der Waals surface area (Å²) in [6.07, 6.45) is 6.80. The van der Waals surface area contributed by atoms with Crippen LogP contribution in [0.5, 0.6) is 11.5 Å². The number of ether oxygens (including phenoxy) is 2. The number of hydrogen-bond acceptors (Lipinski definition) is 9. The number of carbonyl (C=O) groups excluding carboxylic acids is 1. The molecule has 214 valence electrons. The molecule has 1 amide bonds. The van der Waals surface area contributed by atoms with Gasteiger partial charge in [-0.05, 0) is 41.3 Å². The van der Waals surface area contributed by atoms with Gasteiger partial charge in [0.15, 0.2) is 29.2 Å². The molecule has 11 nitrogen and oxygen atoms in total. The molecule has 0 radical (unpaired) electrons. The SMILES string of the molecule is C=CCn1c(CNc2cccc3ccccc23)nnc1SCC(=O)N/N=C/c1ccc(OC)c(OCn2cccn2)c1. The van der Waals surface area contributed by atoms with Crippen LogP contribution < -0.4 is 20.2 Å². The highest BCUT2D eigenvalue weighted by atomic mass is 32.2. The van der Waals surface area contributed by atoms with Gasteiger partial charge in [0.1, 0.15) is 0 Å². The van der Waals surface area contributed by atoms with Crippen LogP contribution in [0.3, 0.4) is 0 Å². The average Bonchev–Trinajstić information content (AvgIpc) is 3.68. The first kappa shape index (κ1) is 28.4. The molecule has 2 aromatic heterocycles. The lowest BCUT2D eigenvalue weighted by Crippen LogP contribution is -2.20. The largest absolute Gasteiger partial charge is 0.493 e. The zero-order valence-electron chi connectivity index (χ0n) is 23.0. The average molecular weight is 583 g/mol. The lowest BCUT2D eigenvalue weighted by atomic mass is 10.1. The summed E-state index contributed by atoms with van der Waals surface area (Å²) in [4.78, 5) is 12.5. The zero-order valence-corrected chi connectivity index (χ0v) is 23.8. The van der Waals surface area contributed by atoms with Crippen LogP contribution in [0.15, 0.2) is 102 Å². The molecule has 0 aliphatic carbocycles. The summed E-state index contributed by atoms with van der Waals surface area (Å²) >= 11 is 1.28. The summed E-state index contributed by atoms with van der Waals surface area (Å²) in [6.45, 7) is 5.08. The Morgan fingerprint density at radius 3 is 2.81 bits per heavy atom. The van der Waals surface area contributed by atoms with Crippen molar-refractivity contribution < 1.29 is 14.3 Å². The zero-order chi connectivity index (χ0) is 29.1. The number of thioether (sulfide) groups is 1. The van der Waals surface area contributed by atoms with Gasteiger partial charge in [0.25, 0.3) is 5.91 Å². The minimum Gasteiger partial charge on any atom is -0.493 e. The Kier molecular flexibility index (Phi) is 9.47. The van der Waals surface area contributed by atoms with Crippen LogP contribution >= 0.6 is 11.8 Å². The van der Waals surface area contributed by atoms with Crippen molar-refractivity contribution in [2.45, 2.75) is 25.0 Å². The Bertz CT molecular complexity index is 1680. The second kappa shape index (κ2) is 14.0. The van der Waals surface area contributed by atoms with Crippen molar-refractivity contribution in [1.29, 1.82) is 0 Å². The number of fused-ring (bicyclic) bond motifs is 1. The third kappa shape index (κ3) is 7.15. The van der Waals surface area contributed by atoms with Gasteiger partial charge in [0.05, 0.1) is 25.6 Å². The Hall–Kier alpha value is -5.10. The molecule has 12 heteroatoms. The van der Waals surface area contributed by atoms with Crippen LogP contribution in [0.1, 0.15) is 11.4 Å². The van der Waals surface area contributed by atoms with Gasteiger partial charge in [-0.15, -0.1) is 16.8 Å². The minimum atomic E-state index is -0.275. The van der Waals surface area contributed by atoms with Gasteiger partial charge in [0, 0.05) is 30.0 Å². The maximum atomic E-state index is 12.5. The van der Waals surface area contributed by atoms with E-state index in [0.29, 0.717) is 29.7 Å². The third-order valence-corrected chi connectivity index (χ3v) is 7.13. The van der Waals surface area contributed by atoms with Gasteiger partial charge in [0.2, 0.25) is 0 Å². The number of carbonyl (C=O) groups is 1. The van der Waals surface area contributed by atoms with Crippen LogP contribution in [-0.2, 0) is 24.6 Å². The predicted molar refractivity (Wildman–Crippen MR) is 164 cm³/mol. The number of amides is 1. The Morgan fingerprint density at radius 2 is 1.98 bits per heavy atom. The van der Waals surface area contributed by atoms with E-state index in [1.807, 2.05) is 41.0 Å². The molecule has 42 heavy (non-hydrogen) atoms. The highest BCUT2D eigenvalue weighted by molar-refractivity contribution is 7.99. The Morgan fingerprint density at radius 1 is 1.10 bits per heavy atom. The van der Waals surface area contributed by atoms with Crippen LogP contribution in [0, 0.1) is 0 Å². The Balaban J connectivity index is 1.16. The van der Waals surface area contributed by atoms with E-state index in [2.05, 4.69) is 55.9 Å². The van der Waals surface area contributed by atoms with E-state index in [0.717, 1.165) is 27.8 Å². The molecular weight excluding hydrogens is 552 g/mol. The smallest absolute Gasteiger partial charge is 0.250 e. The van der Waals surface area contributed by atoms with Crippen LogP contribution in [0.4, 0.5) is 5.69 Å². The summed E-state index contributed by atoms with van der Waals surface area (Å²) in [5.74, 6) is 1.70. The van der Waals surface area contributed by atoms with Crippen molar-refractivity contribution in [2.24, 2.45) is 5.10 Å². The summed E-state index contributed by atoms with van der Waals surface area (Å²) < 4.78 is 14.8. The van der Waals surface area contributed by atoms with Crippen LogP contribution in [0.2, 0.25) is 0 Å². The number of nitrogens with zero attached hydrogens (tertiary/aromatic N) is 6. The quantitative estimate of drug-likeness (QED) is 0.0836. The molecule has 0 atom stereocenters. The van der Waals surface area contributed by atoms with E-state index in [1.54, 1.807) is 48.6 Å². The number of rotatable bonds is 14. The second-order valence-corrected chi connectivity index (χ2v) is 9.93. The van der Waals surface area contributed by atoms with Crippen LogP contribution in [0.25, 0.3) is 10.8 Å². The molecule has 2 N–H and O–H groups in total. The Labute approximate surface area is 247 Å². The number of benzene rings is 3. The van der Waals surface area contributed by atoms with Crippen molar-refractivity contribution in [1.82, 2.24) is 30.0 Å². The van der Waals surface area contributed by atoms with Gasteiger partial charge in [-0.1, -0.05) is 54.2 Å². The number of hydrogen-bond donors (Lipinski definition) is 2. The molecule has 0 saturated carbocycles. The number of hydrazone groups is 1. The molecular formula is C30H30N8O3S. The first-order chi connectivity index (χ1) is 20.6. The first-order valence-corrected chi connectivity index (χ1v) is 14.1. The van der Waals surface area contributed by atoms with Crippen molar-refractivity contribution >= 4 is 40.3 Å². The lowest BCUT2D eigenvalue weighted by molar-refractivity contribution is -0.118. The van der Waals surface area contributed by atoms with Crippen molar-refractivity contribution in [3.63, 3.8) is 0 Å². The number of nitrogens with one attached hydrogen (secondary N) is 2. The van der Waals surface area contributed by atoms with E-state index < -0.39 is 0 Å². The van der Waals surface area contributed by atoms with E-state index in [-0.39, 0.29) is 18.4 Å². The topological polar surface area (TPSA) is 120 Å². The molecule has 0 unspecified atom stereocenters. The minimum absolute atomic E-state index is 0.115. The summed E-state index contributed by atoms with van der Waals surface area (Å²) in [7, 11) is 1.57. The number of methoxy groups -OCH3 is 1. The third-order valence-electron chi connectivity index (χ3n) is 6.17. The second-order valence-electron chi connectivity index (χ2n) is 8.99. The van der Waals surface area contributed by atoms with Crippen LogP contribution in [-0.4, -0.2) is 49.5 Å². The molecule has 0 saturated heterocycles. The first-order valence-electron chi connectivity index (χ1n) is 13.1. The van der Waals surface area contributed by atoms with E-state index in [4.69, 9.17) is 9.47 Å². The molecule has 5 rings (SSSR count). The fraction of sp³-hybridized carbons (Fsp3) is 0.167. The predicted octanol–water partition coefficient (Wildman–Crippen LogP) is 4.71. The fourth-order valence-electron chi connectivity index (χ4n) is 4.16. The molecule has 3 aromatic carbocycles. The normalized spacial score (nSPS) is 11.1. The number of anilines is 1. The van der Waals surface area contributed by atoms with Gasteiger partial charge in [-0.3, -0.25) is 4.79 Å². The number of aromatic nitrogens is 5. The molecule has 5 aromatic rings.